The van der Waals surface area contributed by atoms with E-state index >= 15 is 0 Å². The molecule has 1 aromatic rings. The number of urea groups is 1. The molecule has 0 spiro atoms. The van der Waals surface area contributed by atoms with Gasteiger partial charge >= 0.3 is 6.03 Å². The van der Waals surface area contributed by atoms with E-state index in [4.69, 9.17) is 0 Å². The molecule has 0 aliphatic heterocycles. The number of carbonyl (C=O) groups is 1. The lowest BCUT2D eigenvalue weighted by Gasteiger charge is -2.14. The molecule has 1 aliphatic rings. The minimum Gasteiger partial charge on any atom is -0.335 e. The molecular formula is C13H17BrN2O. The predicted molar refractivity (Wildman–Crippen MR) is 73.3 cm³/mol. The minimum absolute atomic E-state index is 0.108. The third-order valence-corrected chi connectivity index (χ3v) is 3.75. The number of amides is 2. The second kappa shape index (κ2) is 5.54. The van der Waals surface area contributed by atoms with Crippen molar-refractivity contribution >= 4 is 27.6 Å². The Kier molecular flexibility index (Phi) is 4.05. The lowest BCUT2D eigenvalue weighted by atomic mass is 10.2. The van der Waals surface area contributed by atoms with Crippen molar-refractivity contribution in [3.63, 3.8) is 0 Å². The lowest BCUT2D eigenvalue weighted by molar-refractivity contribution is 0.248. The molecule has 0 bridgehead atoms. The van der Waals surface area contributed by atoms with Gasteiger partial charge in [0, 0.05) is 10.5 Å². The first kappa shape index (κ1) is 12.4. The number of carbonyl (C=O) groups excluding carboxylic acids is 1. The fourth-order valence-corrected chi connectivity index (χ4v) is 2.49. The van der Waals surface area contributed by atoms with Crippen LogP contribution in [0.4, 0.5) is 10.5 Å². The third-order valence-electron chi connectivity index (χ3n) is 3.06. The van der Waals surface area contributed by atoms with Gasteiger partial charge in [0.05, 0.1) is 5.69 Å². The summed E-state index contributed by atoms with van der Waals surface area (Å²) in [5.41, 5.74) is 1.95. The van der Waals surface area contributed by atoms with Crippen LogP contribution >= 0.6 is 15.9 Å². The Bertz CT molecular complexity index is 414. The Balaban J connectivity index is 1.95. The number of rotatable bonds is 2. The molecule has 0 heterocycles. The third kappa shape index (κ3) is 3.46. The molecule has 92 valence electrons. The van der Waals surface area contributed by atoms with Gasteiger partial charge < -0.3 is 10.6 Å². The highest BCUT2D eigenvalue weighted by atomic mass is 79.9. The quantitative estimate of drug-likeness (QED) is 0.856. The van der Waals surface area contributed by atoms with Gasteiger partial charge in [-0.2, -0.15) is 0 Å². The molecule has 0 saturated heterocycles. The molecule has 1 aromatic carbocycles. The van der Waals surface area contributed by atoms with Gasteiger partial charge in [0.25, 0.3) is 0 Å². The number of halogens is 1. The fourth-order valence-electron chi connectivity index (χ4n) is 2.15. The van der Waals surface area contributed by atoms with Crippen molar-refractivity contribution < 1.29 is 4.79 Å². The smallest absolute Gasteiger partial charge is 0.319 e. The monoisotopic (exact) mass is 296 g/mol. The van der Waals surface area contributed by atoms with Crippen LogP contribution < -0.4 is 10.6 Å². The number of aryl methyl sites for hydroxylation is 1. The molecule has 2 amide bonds. The van der Waals surface area contributed by atoms with E-state index in [2.05, 4.69) is 26.6 Å². The first-order valence-electron chi connectivity index (χ1n) is 5.99. The van der Waals surface area contributed by atoms with Crippen molar-refractivity contribution in [1.29, 1.82) is 0 Å². The van der Waals surface area contributed by atoms with Crippen molar-refractivity contribution in [1.82, 2.24) is 5.32 Å². The zero-order chi connectivity index (χ0) is 12.3. The van der Waals surface area contributed by atoms with Crippen molar-refractivity contribution in [2.45, 2.75) is 38.6 Å². The first-order chi connectivity index (χ1) is 8.15. The fraction of sp³-hybridized carbons (Fsp3) is 0.462. The summed E-state index contributed by atoms with van der Waals surface area (Å²) in [6.45, 7) is 2.01. The number of hydrogen-bond acceptors (Lipinski definition) is 1. The molecule has 1 fully saturated rings. The van der Waals surface area contributed by atoms with Crippen LogP contribution in [-0.2, 0) is 0 Å². The van der Waals surface area contributed by atoms with Crippen LogP contribution in [0.25, 0.3) is 0 Å². The normalized spacial score (nSPS) is 15.9. The van der Waals surface area contributed by atoms with Crippen LogP contribution in [0.1, 0.15) is 31.2 Å². The molecule has 3 nitrogen and oxygen atoms in total. The second-order valence-electron chi connectivity index (χ2n) is 4.56. The molecule has 1 aliphatic carbocycles. The molecule has 2 N–H and O–H groups in total. The summed E-state index contributed by atoms with van der Waals surface area (Å²) >= 11 is 3.43. The number of hydrogen-bond donors (Lipinski definition) is 2. The summed E-state index contributed by atoms with van der Waals surface area (Å²) < 4.78 is 0.907. The number of benzene rings is 1. The molecule has 0 atom stereocenters. The Labute approximate surface area is 110 Å². The van der Waals surface area contributed by atoms with Gasteiger partial charge in [-0.3, -0.25) is 0 Å². The summed E-state index contributed by atoms with van der Waals surface area (Å²) in [5, 5.41) is 5.88. The van der Waals surface area contributed by atoms with E-state index in [9.17, 15) is 4.79 Å². The van der Waals surface area contributed by atoms with Gasteiger partial charge in [0.1, 0.15) is 0 Å². The van der Waals surface area contributed by atoms with E-state index in [1.165, 1.54) is 12.8 Å². The van der Waals surface area contributed by atoms with E-state index in [0.29, 0.717) is 6.04 Å². The van der Waals surface area contributed by atoms with Gasteiger partial charge in [-0.05, 0) is 53.4 Å². The molecule has 4 heteroatoms. The Hall–Kier alpha value is -1.03. The number of anilines is 1. The molecule has 17 heavy (non-hydrogen) atoms. The molecule has 0 unspecified atom stereocenters. The van der Waals surface area contributed by atoms with E-state index < -0.39 is 0 Å². The Morgan fingerprint density at radius 3 is 2.76 bits per heavy atom. The summed E-state index contributed by atoms with van der Waals surface area (Å²) in [7, 11) is 0. The van der Waals surface area contributed by atoms with Crippen LogP contribution in [0.3, 0.4) is 0 Å². The van der Waals surface area contributed by atoms with Crippen molar-refractivity contribution in [2.75, 3.05) is 5.32 Å². The van der Waals surface area contributed by atoms with Crippen LogP contribution in [0.2, 0.25) is 0 Å². The lowest BCUT2D eigenvalue weighted by Crippen LogP contribution is -2.36. The average Bonchev–Trinajstić information content (AvgIpc) is 2.76. The van der Waals surface area contributed by atoms with Gasteiger partial charge in [0.2, 0.25) is 0 Å². The van der Waals surface area contributed by atoms with Crippen molar-refractivity contribution in [3.05, 3.63) is 28.2 Å². The molecular weight excluding hydrogens is 280 g/mol. The summed E-state index contributed by atoms with van der Waals surface area (Å²) in [4.78, 5) is 11.8. The molecule has 0 radical (unpaired) electrons. The van der Waals surface area contributed by atoms with Gasteiger partial charge in [-0.25, -0.2) is 4.79 Å². The number of nitrogens with one attached hydrogen (secondary N) is 2. The predicted octanol–water partition coefficient (Wildman–Crippen LogP) is 3.82. The minimum atomic E-state index is -0.108. The van der Waals surface area contributed by atoms with Crippen LogP contribution in [0.15, 0.2) is 22.7 Å². The van der Waals surface area contributed by atoms with Crippen LogP contribution in [0.5, 0.6) is 0 Å². The van der Waals surface area contributed by atoms with Gasteiger partial charge in [-0.1, -0.05) is 18.9 Å². The zero-order valence-electron chi connectivity index (χ0n) is 9.92. The first-order valence-corrected chi connectivity index (χ1v) is 6.78. The van der Waals surface area contributed by atoms with E-state index in [1.54, 1.807) is 0 Å². The largest absolute Gasteiger partial charge is 0.335 e. The zero-order valence-corrected chi connectivity index (χ0v) is 11.5. The summed E-state index contributed by atoms with van der Waals surface area (Å²) in [6.07, 6.45) is 4.64. The van der Waals surface area contributed by atoms with Crippen molar-refractivity contribution in [3.8, 4) is 0 Å². The molecule has 0 aromatic heterocycles. The SMILES string of the molecule is Cc1ccc(Br)c(NC(=O)NC2CCCC2)c1. The maximum absolute atomic E-state index is 11.8. The van der Waals surface area contributed by atoms with Gasteiger partial charge in [0.15, 0.2) is 0 Å². The highest BCUT2D eigenvalue weighted by molar-refractivity contribution is 9.10. The highest BCUT2D eigenvalue weighted by Crippen LogP contribution is 2.23. The van der Waals surface area contributed by atoms with E-state index in [0.717, 1.165) is 28.6 Å². The van der Waals surface area contributed by atoms with Crippen LogP contribution in [0, 0.1) is 6.92 Å². The standard InChI is InChI=1S/C13H17BrN2O/c1-9-6-7-11(14)12(8-9)16-13(17)15-10-4-2-3-5-10/h6-8,10H,2-5H2,1H3,(H2,15,16,17). The topological polar surface area (TPSA) is 41.1 Å². The maximum atomic E-state index is 11.8. The summed E-state index contributed by atoms with van der Waals surface area (Å²) in [5.74, 6) is 0. The highest BCUT2D eigenvalue weighted by Gasteiger charge is 2.17. The summed E-state index contributed by atoms with van der Waals surface area (Å²) in [6, 6.07) is 6.14. The van der Waals surface area contributed by atoms with Gasteiger partial charge in [-0.15, -0.1) is 0 Å². The van der Waals surface area contributed by atoms with Crippen molar-refractivity contribution in [2.24, 2.45) is 0 Å². The molecule has 2 rings (SSSR count). The maximum Gasteiger partial charge on any atom is 0.319 e. The second-order valence-corrected chi connectivity index (χ2v) is 5.42. The Morgan fingerprint density at radius 1 is 1.35 bits per heavy atom. The average molecular weight is 297 g/mol. The van der Waals surface area contributed by atoms with Crippen LogP contribution in [-0.4, -0.2) is 12.1 Å². The van der Waals surface area contributed by atoms with E-state index in [-0.39, 0.29) is 6.03 Å². The Morgan fingerprint density at radius 2 is 2.06 bits per heavy atom. The molecule has 1 saturated carbocycles. The van der Waals surface area contributed by atoms with E-state index in [1.807, 2.05) is 25.1 Å².